The van der Waals surface area contributed by atoms with Crippen LogP contribution in [0.5, 0.6) is 0 Å². The molecule has 0 bridgehead atoms. The van der Waals surface area contributed by atoms with Crippen molar-refractivity contribution in [2.75, 3.05) is 0 Å². The van der Waals surface area contributed by atoms with Gasteiger partial charge in [-0.25, -0.2) is 0 Å². The van der Waals surface area contributed by atoms with E-state index in [9.17, 15) is 4.79 Å². The Morgan fingerprint density at radius 2 is 1.68 bits per heavy atom. The SMILES string of the molecule is CC(=O)/C=C(/C)O.CC(C)c1cc(-c2nccc3c2C(C)(C)c2cc([Si](C)(C)C)ccc2-3)[c-]c2ccccc12.[Ir]. The molecule has 5 rings (SSSR count). The van der Waals surface area contributed by atoms with Gasteiger partial charge in [0.1, 0.15) is 0 Å². The van der Waals surface area contributed by atoms with Gasteiger partial charge in [-0.05, 0) is 48.1 Å². The van der Waals surface area contributed by atoms with E-state index in [1.165, 1.54) is 63.7 Å². The van der Waals surface area contributed by atoms with Crippen LogP contribution in [0, 0.1) is 6.07 Å². The molecule has 0 atom stereocenters. The monoisotopic (exact) mass is 727 g/mol. The summed E-state index contributed by atoms with van der Waals surface area (Å²) in [4.78, 5) is 15.0. The van der Waals surface area contributed by atoms with E-state index < -0.39 is 8.07 Å². The van der Waals surface area contributed by atoms with Crippen LogP contribution < -0.4 is 5.19 Å². The van der Waals surface area contributed by atoms with Crippen molar-refractivity contribution in [3.8, 4) is 22.4 Å². The molecular formula is C35H40IrNO2Si-. The Bertz CT molecular complexity index is 1590. The number of fused-ring (bicyclic) bond motifs is 4. The van der Waals surface area contributed by atoms with Crippen molar-refractivity contribution in [3.05, 3.63) is 95.4 Å². The number of aliphatic hydroxyl groups is 1. The topological polar surface area (TPSA) is 50.2 Å². The molecule has 3 aromatic carbocycles. The van der Waals surface area contributed by atoms with E-state index >= 15 is 0 Å². The van der Waals surface area contributed by atoms with Gasteiger partial charge in [-0.3, -0.25) is 9.78 Å². The van der Waals surface area contributed by atoms with Gasteiger partial charge in [0.05, 0.1) is 13.8 Å². The Kier molecular flexibility index (Phi) is 9.46. The molecule has 0 aliphatic heterocycles. The summed E-state index contributed by atoms with van der Waals surface area (Å²) in [6.07, 6.45) is 3.14. The molecule has 3 nitrogen and oxygen atoms in total. The molecule has 1 aliphatic carbocycles. The molecule has 1 N–H and O–H groups in total. The van der Waals surface area contributed by atoms with Gasteiger partial charge < -0.3 is 5.11 Å². The zero-order valence-electron chi connectivity index (χ0n) is 25.1. The largest absolute Gasteiger partial charge is 0.512 e. The van der Waals surface area contributed by atoms with Gasteiger partial charge in [-0.2, -0.15) is 0 Å². The van der Waals surface area contributed by atoms with Crippen molar-refractivity contribution in [1.29, 1.82) is 0 Å². The number of allylic oxidation sites excluding steroid dienone is 2. The Hall–Kier alpha value is -2.85. The van der Waals surface area contributed by atoms with Crippen LogP contribution in [0.1, 0.15) is 64.2 Å². The summed E-state index contributed by atoms with van der Waals surface area (Å²) in [7, 11) is -1.39. The number of hydrogen-bond acceptors (Lipinski definition) is 3. The Morgan fingerprint density at radius 3 is 2.25 bits per heavy atom. The van der Waals surface area contributed by atoms with E-state index in [1.54, 1.807) is 0 Å². The maximum atomic E-state index is 10.0. The number of benzene rings is 3. The van der Waals surface area contributed by atoms with Crippen molar-refractivity contribution >= 4 is 29.8 Å². The van der Waals surface area contributed by atoms with E-state index in [0.29, 0.717) is 5.92 Å². The number of nitrogens with zero attached hydrogens (tertiary/aromatic N) is 1. The Morgan fingerprint density at radius 1 is 1.00 bits per heavy atom. The second-order valence-electron chi connectivity index (χ2n) is 12.5. The van der Waals surface area contributed by atoms with Gasteiger partial charge in [0.15, 0.2) is 5.78 Å². The third-order valence-electron chi connectivity index (χ3n) is 7.52. The average Bonchev–Trinajstić information content (AvgIpc) is 3.09. The van der Waals surface area contributed by atoms with Crippen molar-refractivity contribution in [2.45, 2.75) is 72.5 Å². The quantitative estimate of drug-likeness (QED) is 0.0992. The minimum absolute atomic E-state index is 0. The van der Waals surface area contributed by atoms with Crippen molar-refractivity contribution in [2.24, 2.45) is 0 Å². The van der Waals surface area contributed by atoms with Crippen LogP contribution in [-0.2, 0) is 30.3 Å². The molecule has 5 heteroatoms. The second kappa shape index (κ2) is 11.9. The van der Waals surface area contributed by atoms with Gasteiger partial charge in [-0.1, -0.05) is 99.9 Å². The third-order valence-corrected chi connectivity index (χ3v) is 9.56. The van der Waals surface area contributed by atoms with E-state index in [0.717, 1.165) is 11.3 Å². The minimum Gasteiger partial charge on any atom is -0.512 e. The predicted octanol–water partition coefficient (Wildman–Crippen LogP) is 8.71. The van der Waals surface area contributed by atoms with Crippen LogP contribution in [-0.4, -0.2) is 23.9 Å². The molecule has 0 saturated carbocycles. The molecule has 1 aromatic heterocycles. The summed E-state index contributed by atoms with van der Waals surface area (Å²) in [6.45, 7) is 19.4. The zero-order chi connectivity index (χ0) is 28.7. The number of hydrogen-bond donors (Lipinski definition) is 1. The number of aliphatic hydroxyl groups excluding tert-OH is 1. The summed E-state index contributed by atoms with van der Waals surface area (Å²) in [5.41, 5.74) is 8.91. The van der Waals surface area contributed by atoms with Crippen LogP contribution in [0.2, 0.25) is 19.6 Å². The van der Waals surface area contributed by atoms with E-state index in [4.69, 9.17) is 10.1 Å². The first-order valence-electron chi connectivity index (χ1n) is 13.7. The van der Waals surface area contributed by atoms with E-state index in [-0.39, 0.29) is 37.1 Å². The first-order chi connectivity index (χ1) is 18.2. The molecule has 211 valence electrons. The average molecular weight is 727 g/mol. The molecule has 0 fully saturated rings. The van der Waals surface area contributed by atoms with E-state index in [2.05, 4.69) is 108 Å². The van der Waals surface area contributed by atoms with E-state index in [1.807, 2.05) is 6.20 Å². The summed E-state index contributed by atoms with van der Waals surface area (Å²) in [6, 6.07) is 24.0. The molecule has 1 heterocycles. The van der Waals surface area contributed by atoms with Crippen LogP contribution in [0.15, 0.2) is 72.6 Å². The van der Waals surface area contributed by atoms with Gasteiger partial charge in [0.25, 0.3) is 0 Å². The predicted molar refractivity (Wildman–Crippen MR) is 168 cm³/mol. The summed E-state index contributed by atoms with van der Waals surface area (Å²) < 4.78 is 0. The first-order valence-corrected chi connectivity index (χ1v) is 17.2. The van der Waals surface area contributed by atoms with Crippen LogP contribution in [0.4, 0.5) is 0 Å². The summed E-state index contributed by atoms with van der Waals surface area (Å²) in [5, 5.41) is 12.3. The fraction of sp³-hybridized carbons (Fsp3) is 0.314. The number of pyridine rings is 1. The van der Waals surface area contributed by atoms with Crippen LogP contribution in [0.25, 0.3) is 33.2 Å². The third kappa shape index (κ3) is 6.22. The number of carbonyl (C=O) groups excluding carboxylic acids is 1. The van der Waals surface area contributed by atoms with Crippen molar-refractivity contribution < 1.29 is 30.0 Å². The molecular weight excluding hydrogens is 687 g/mol. The Balaban J connectivity index is 0.000000492. The van der Waals surface area contributed by atoms with Crippen molar-refractivity contribution in [1.82, 2.24) is 4.98 Å². The van der Waals surface area contributed by atoms with Gasteiger partial charge in [-0.15, -0.1) is 29.1 Å². The second-order valence-corrected chi connectivity index (χ2v) is 17.5. The number of aromatic nitrogens is 1. The van der Waals surface area contributed by atoms with Crippen LogP contribution >= 0.6 is 0 Å². The molecule has 0 unspecified atom stereocenters. The summed E-state index contributed by atoms with van der Waals surface area (Å²) in [5.74, 6) is 0.377. The van der Waals surface area contributed by atoms with Gasteiger partial charge in [0.2, 0.25) is 0 Å². The minimum atomic E-state index is -1.39. The smallest absolute Gasteiger partial charge is 0.155 e. The number of ketones is 1. The normalized spacial score (nSPS) is 13.7. The standard InChI is InChI=1S/C30H32NSi.C5H8O2.Ir/c1-19(2)26-17-21(16-20-10-8-9-11-23(20)26)29-28-25(14-15-31-29)24-13-12-22(32(5,6)7)18-27(24)30(28,3)4;1-4(6)3-5(2)7;/h8-15,17-19H,1-7H3;3,6H,1-2H3;/q-1;;/b;4-3-;. The number of carbonyl (C=O) groups is 1. The number of rotatable bonds is 4. The molecule has 40 heavy (non-hydrogen) atoms. The first kappa shape index (κ1) is 31.7. The molecule has 0 spiro atoms. The summed E-state index contributed by atoms with van der Waals surface area (Å²) >= 11 is 0. The van der Waals surface area contributed by atoms with Crippen LogP contribution in [0.3, 0.4) is 0 Å². The molecule has 1 aliphatic rings. The Labute approximate surface area is 254 Å². The zero-order valence-corrected chi connectivity index (χ0v) is 28.5. The fourth-order valence-corrected chi connectivity index (χ4v) is 6.74. The molecule has 0 amide bonds. The maximum absolute atomic E-state index is 10.0. The maximum Gasteiger partial charge on any atom is 0.155 e. The van der Waals surface area contributed by atoms with Gasteiger partial charge >= 0.3 is 0 Å². The van der Waals surface area contributed by atoms with Crippen molar-refractivity contribution in [3.63, 3.8) is 0 Å². The molecule has 1 radical (unpaired) electrons. The van der Waals surface area contributed by atoms with Gasteiger partial charge in [0, 0.05) is 43.5 Å². The fourth-order valence-electron chi connectivity index (χ4n) is 5.58. The molecule has 4 aromatic rings. The molecule has 0 saturated heterocycles.